The highest BCUT2D eigenvalue weighted by Crippen LogP contribution is 2.18. The summed E-state index contributed by atoms with van der Waals surface area (Å²) in [6.07, 6.45) is 3.34. The lowest BCUT2D eigenvalue weighted by Gasteiger charge is -2.31. The van der Waals surface area contributed by atoms with E-state index < -0.39 is 21.9 Å². The van der Waals surface area contributed by atoms with Gasteiger partial charge in [0.05, 0.1) is 0 Å². The third-order valence-corrected chi connectivity index (χ3v) is 5.98. The zero-order valence-corrected chi connectivity index (χ0v) is 12.9. The maximum absolute atomic E-state index is 12.9. The zero-order valence-electron chi connectivity index (χ0n) is 12.1. The van der Waals surface area contributed by atoms with Crippen molar-refractivity contribution in [2.24, 2.45) is 0 Å². The Kier molecular flexibility index (Phi) is 5.34. The van der Waals surface area contributed by atoms with Crippen molar-refractivity contribution < 1.29 is 17.6 Å². The van der Waals surface area contributed by atoms with E-state index in [2.05, 4.69) is 6.58 Å². The number of hydrogen-bond donors (Lipinski definition) is 0. The molecule has 6 nitrogen and oxygen atoms in total. The van der Waals surface area contributed by atoms with Crippen LogP contribution in [0.3, 0.4) is 0 Å². The molecule has 0 unspecified atom stereocenters. The number of amides is 1. The predicted molar refractivity (Wildman–Crippen MR) is 77.4 cm³/mol. The summed E-state index contributed by atoms with van der Waals surface area (Å²) < 4.78 is 41.0. The Hall–Kier alpha value is -0.990. The summed E-state index contributed by atoms with van der Waals surface area (Å²) >= 11 is 0. The smallest absolute Gasteiger partial charge is 0.282 e. The zero-order chi connectivity index (χ0) is 15.5. The van der Waals surface area contributed by atoms with E-state index in [0.717, 1.165) is 19.3 Å². The Bertz CT molecular complexity index is 503. The van der Waals surface area contributed by atoms with Crippen molar-refractivity contribution in [3.8, 4) is 0 Å². The number of rotatable bonds is 3. The van der Waals surface area contributed by atoms with Crippen molar-refractivity contribution >= 4 is 16.1 Å². The van der Waals surface area contributed by atoms with E-state index in [-0.39, 0.29) is 13.1 Å². The number of carbonyl (C=O) groups excluding carboxylic acids is 1. The van der Waals surface area contributed by atoms with Crippen molar-refractivity contribution in [1.29, 1.82) is 0 Å². The number of piperidine rings is 1. The third-order valence-electron chi connectivity index (χ3n) is 3.94. The van der Waals surface area contributed by atoms with E-state index in [1.807, 2.05) is 0 Å². The highest BCUT2D eigenvalue weighted by molar-refractivity contribution is 7.86. The molecule has 8 heteroatoms. The molecule has 120 valence electrons. The van der Waals surface area contributed by atoms with Gasteiger partial charge in [0.15, 0.2) is 5.83 Å². The molecular weight excluding hydrogens is 297 g/mol. The van der Waals surface area contributed by atoms with Crippen molar-refractivity contribution in [3.63, 3.8) is 0 Å². The maximum atomic E-state index is 12.9. The second-order valence-electron chi connectivity index (χ2n) is 5.42. The molecule has 21 heavy (non-hydrogen) atoms. The van der Waals surface area contributed by atoms with Gasteiger partial charge in [-0.05, 0) is 19.3 Å². The molecule has 0 spiro atoms. The van der Waals surface area contributed by atoms with Gasteiger partial charge in [0, 0.05) is 39.3 Å². The van der Waals surface area contributed by atoms with Gasteiger partial charge < -0.3 is 4.90 Å². The van der Waals surface area contributed by atoms with E-state index in [1.54, 1.807) is 0 Å². The molecule has 0 atom stereocenters. The van der Waals surface area contributed by atoms with Crippen molar-refractivity contribution in [3.05, 3.63) is 12.4 Å². The van der Waals surface area contributed by atoms with Crippen molar-refractivity contribution in [2.45, 2.75) is 25.7 Å². The molecule has 2 rings (SSSR count). The average Bonchev–Trinajstić information content (AvgIpc) is 2.73. The Morgan fingerprint density at radius 3 is 2.05 bits per heavy atom. The quantitative estimate of drug-likeness (QED) is 0.721. The van der Waals surface area contributed by atoms with Gasteiger partial charge in [-0.25, -0.2) is 4.39 Å². The largest absolute Gasteiger partial charge is 0.335 e. The Balaban J connectivity index is 2.01. The van der Waals surface area contributed by atoms with Crippen LogP contribution in [0, 0.1) is 0 Å². The van der Waals surface area contributed by atoms with E-state index in [1.165, 1.54) is 13.5 Å². The van der Waals surface area contributed by atoms with Crippen LogP contribution in [-0.2, 0) is 15.0 Å². The van der Waals surface area contributed by atoms with Gasteiger partial charge in [0.2, 0.25) is 0 Å². The molecule has 2 heterocycles. The second-order valence-corrected chi connectivity index (χ2v) is 7.35. The second kappa shape index (κ2) is 6.85. The number of carbonyl (C=O) groups is 1. The first-order valence-corrected chi connectivity index (χ1v) is 8.71. The van der Waals surface area contributed by atoms with Gasteiger partial charge in [-0.3, -0.25) is 4.79 Å². The molecule has 0 bridgehead atoms. The number of halogens is 1. The van der Waals surface area contributed by atoms with Crippen LogP contribution in [0.4, 0.5) is 4.39 Å². The van der Waals surface area contributed by atoms with Crippen molar-refractivity contribution in [2.75, 3.05) is 39.3 Å². The normalized spacial score (nSPS) is 22.8. The lowest BCUT2D eigenvalue weighted by molar-refractivity contribution is -0.128. The van der Waals surface area contributed by atoms with Crippen LogP contribution in [0.25, 0.3) is 0 Å². The van der Waals surface area contributed by atoms with E-state index in [0.29, 0.717) is 32.6 Å². The molecule has 2 aliphatic heterocycles. The molecule has 0 N–H and O–H groups in total. The predicted octanol–water partition coefficient (Wildman–Crippen LogP) is 0.735. The van der Waals surface area contributed by atoms with Crippen LogP contribution in [0.5, 0.6) is 0 Å². The van der Waals surface area contributed by atoms with E-state index in [9.17, 15) is 17.6 Å². The Morgan fingerprint density at radius 2 is 1.43 bits per heavy atom. The first-order chi connectivity index (χ1) is 9.93. The van der Waals surface area contributed by atoms with E-state index >= 15 is 0 Å². The minimum atomic E-state index is -3.47. The summed E-state index contributed by atoms with van der Waals surface area (Å²) in [5, 5.41) is 0. The van der Waals surface area contributed by atoms with E-state index in [4.69, 9.17) is 0 Å². The number of nitrogens with zero attached hydrogens (tertiary/aromatic N) is 3. The average molecular weight is 319 g/mol. The van der Waals surface area contributed by atoms with Gasteiger partial charge in [-0.15, -0.1) is 0 Å². The summed E-state index contributed by atoms with van der Waals surface area (Å²) in [6.45, 7) is 5.25. The van der Waals surface area contributed by atoms with Gasteiger partial charge in [0.1, 0.15) is 0 Å². The van der Waals surface area contributed by atoms with Gasteiger partial charge in [-0.2, -0.15) is 17.0 Å². The molecule has 2 fully saturated rings. The molecule has 1 amide bonds. The molecule has 2 aliphatic rings. The van der Waals surface area contributed by atoms with Gasteiger partial charge >= 0.3 is 0 Å². The molecular formula is C13H22FN3O3S. The van der Waals surface area contributed by atoms with Gasteiger partial charge in [0.25, 0.3) is 16.1 Å². The summed E-state index contributed by atoms with van der Waals surface area (Å²) in [4.78, 5) is 12.9. The van der Waals surface area contributed by atoms with Gasteiger partial charge in [-0.1, -0.05) is 13.0 Å². The Labute approximate surface area is 125 Å². The van der Waals surface area contributed by atoms with Crippen LogP contribution in [0.15, 0.2) is 12.4 Å². The lowest BCUT2D eigenvalue weighted by atomic mass is 10.2. The highest BCUT2D eigenvalue weighted by Gasteiger charge is 2.32. The monoisotopic (exact) mass is 319 g/mol. The Morgan fingerprint density at radius 1 is 0.857 bits per heavy atom. The lowest BCUT2D eigenvalue weighted by Crippen LogP contribution is -2.47. The van der Waals surface area contributed by atoms with Crippen LogP contribution in [0.2, 0.25) is 0 Å². The summed E-state index contributed by atoms with van der Waals surface area (Å²) in [7, 11) is -3.47. The first-order valence-electron chi connectivity index (χ1n) is 7.32. The summed E-state index contributed by atoms with van der Waals surface area (Å²) in [6, 6.07) is 0. The molecule has 0 radical (unpaired) electrons. The fourth-order valence-electron chi connectivity index (χ4n) is 2.76. The van der Waals surface area contributed by atoms with Crippen LogP contribution in [0.1, 0.15) is 25.7 Å². The summed E-state index contributed by atoms with van der Waals surface area (Å²) in [5.74, 6) is -1.74. The fraction of sp³-hybridized carbons (Fsp3) is 0.769. The highest BCUT2D eigenvalue weighted by atomic mass is 32.2. The number of hydrogen-bond acceptors (Lipinski definition) is 3. The maximum Gasteiger partial charge on any atom is 0.282 e. The van der Waals surface area contributed by atoms with Crippen LogP contribution >= 0.6 is 0 Å². The molecule has 0 aromatic rings. The SMILES string of the molecule is C=C(F)C(=O)N1CCCN(S(=O)(=O)N2CCCCC2)CC1. The van der Waals surface area contributed by atoms with Crippen LogP contribution < -0.4 is 0 Å². The minimum Gasteiger partial charge on any atom is -0.335 e. The van der Waals surface area contributed by atoms with Crippen LogP contribution in [-0.4, -0.2) is 67.1 Å². The molecule has 0 aromatic heterocycles. The third kappa shape index (κ3) is 3.81. The molecule has 0 aliphatic carbocycles. The molecule has 0 saturated carbocycles. The topological polar surface area (TPSA) is 60.9 Å². The fourth-order valence-corrected chi connectivity index (χ4v) is 4.48. The standard InChI is InChI=1S/C13H22FN3O3S/c1-12(14)13(18)15-6-5-9-17(11-10-15)21(19,20)16-7-3-2-4-8-16/h1-11H2. The molecule has 2 saturated heterocycles. The minimum absolute atomic E-state index is 0.203. The first kappa shape index (κ1) is 16.4. The van der Waals surface area contributed by atoms with Crippen molar-refractivity contribution in [1.82, 2.24) is 13.5 Å². The summed E-state index contributed by atoms with van der Waals surface area (Å²) in [5.41, 5.74) is 0. The molecule has 0 aromatic carbocycles.